The van der Waals surface area contributed by atoms with Gasteiger partial charge in [-0.3, -0.25) is 9.69 Å². The minimum absolute atomic E-state index is 0.0436. The Hall–Kier alpha value is -3.28. The molecular weight excluding hydrogens is 491 g/mol. The highest BCUT2D eigenvalue weighted by Crippen LogP contribution is 2.58. The van der Waals surface area contributed by atoms with Crippen molar-refractivity contribution in [3.63, 3.8) is 0 Å². The lowest BCUT2D eigenvalue weighted by atomic mass is 10.1. The molecule has 0 radical (unpaired) electrons. The van der Waals surface area contributed by atoms with Crippen LogP contribution in [-0.2, 0) is 18.4 Å². The number of alkyl halides is 3. The van der Waals surface area contributed by atoms with Gasteiger partial charge in [-0.15, -0.1) is 13.2 Å². The Kier molecular flexibility index (Phi) is 6.78. The molecule has 1 saturated carbocycles. The Labute approximate surface area is 212 Å². The van der Waals surface area contributed by atoms with Crippen molar-refractivity contribution in [3.8, 4) is 11.6 Å². The molecule has 3 aliphatic rings. The zero-order valence-electron chi connectivity index (χ0n) is 20.6. The number of carbonyl (C=O) groups excluding carboxylic acids is 2. The highest BCUT2D eigenvalue weighted by molar-refractivity contribution is 5.78. The van der Waals surface area contributed by atoms with Crippen molar-refractivity contribution in [1.82, 2.24) is 24.3 Å². The van der Waals surface area contributed by atoms with Crippen LogP contribution in [0.4, 0.5) is 18.0 Å². The predicted octanol–water partition coefficient (Wildman–Crippen LogP) is 3.26. The summed E-state index contributed by atoms with van der Waals surface area (Å²) in [4.78, 5) is 35.4. The third-order valence-corrected chi connectivity index (χ3v) is 7.34. The number of hydrogen-bond donors (Lipinski definition) is 0. The highest BCUT2D eigenvalue weighted by atomic mass is 19.4. The first kappa shape index (κ1) is 25.4. The number of nitrogens with zero attached hydrogens (tertiary/aromatic N) is 5. The Morgan fingerprint density at radius 3 is 2.73 bits per heavy atom. The Morgan fingerprint density at radius 1 is 1.24 bits per heavy atom. The molecule has 0 bridgehead atoms. The minimum Gasteiger partial charge on any atom is -0.406 e. The fourth-order valence-corrected chi connectivity index (χ4v) is 5.55. The molecule has 1 aromatic heterocycles. The van der Waals surface area contributed by atoms with E-state index in [1.165, 1.54) is 29.4 Å². The van der Waals surface area contributed by atoms with E-state index < -0.39 is 12.5 Å². The molecule has 5 rings (SSSR count). The summed E-state index contributed by atoms with van der Waals surface area (Å²) < 4.78 is 49.3. The summed E-state index contributed by atoms with van der Waals surface area (Å²) in [5, 5.41) is 0. The smallest absolute Gasteiger partial charge is 0.406 e. The van der Waals surface area contributed by atoms with Gasteiger partial charge in [-0.1, -0.05) is 12.1 Å². The standard InChI is InChI=1S/C25H30F3N5O4/c1-30-13-21(29-17-30)36-23(35)33(11-18-5-4-6-20(9-18)37-25(26,27)28)16-24-10-19(24)12-31(15-24)14-22(34)32-7-2-3-8-32/h4-6,9,13,17,19H,2-3,7-8,10-12,14-16H2,1H3. The molecule has 1 aliphatic carbocycles. The van der Waals surface area contributed by atoms with E-state index in [0.717, 1.165) is 38.9 Å². The van der Waals surface area contributed by atoms with Gasteiger partial charge in [-0.05, 0) is 42.9 Å². The second-order valence-corrected chi connectivity index (χ2v) is 10.3. The molecule has 2 aromatic rings. The molecule has 2 saturated heterocycles. The Morgan fingerprint density at radius 2 is 2.03 bits per heavy atom. The van der Waals surface area contributed by atoms with Gasteiger partial charge in [0, 0.05) is 51.7 Å². The largest absolute Gasteiger partial charge is 0.573 e. The van der Waals surface area contributed by atoms with Crippen molar-refractivity contribution < 1.29 is 32.2 Å². The number of amides is 2. The van der Waals surface area contributed by atoms with Gasteiger partial charge in [0.1, 0.15) is 5.75 Å². The maximum atomic E-state index is 13.2. The third-order valence-electron chi connectivity index (χ3n) is 7.34. The van der Waals surface area contributed by atoms with Crippen LogP contribution in [0.5, 0.6) is 11.6 Å². The van der Waals surface area contributed by atoms with Crippen LogP contribution in [0, 0.1) is 11.3 Å². The SMILES string of the molecule is Cn1cnc(OC(=O)N(Cc2cccc(OC(F)(F)F)c2)CC23CC2CN(CC(=O)N2CCCC2)C3)c1. The number of imidazole rings is 1. The number of likely N-dealkylation sites (tertiary alicyclic amines) is 2. The Balaban J connectivity index is 1.28. The molecule has 37 heavy (non-hydrogen) atoms. The molecular formula is C25H30F3N5O4. The van der Waals surface area contributed by atoms with E-state index in [9.17, 15) is 22.8 Å². The van der Waals surface area contributed by atoms with Crippen molar-refractivity contribution in [2.24, 2.45) is 18.4 Å². The number of ether oxygens (including phenoxy) is 2. The number of aromatic nitrogens is 2. The normalized spacial score (nSPS) is 23.1. The summed E-state index contributed by atoms with van der Waals surface area (Å²) in [5.41, 5.74) is 0.307. The molecule has 12 heteroatoms. The number of aryl methyl sites for hydroxylation is 1. The van der Waals surface area contributed by atoms with Gasteiger partial charge in [0.05, 0.1) is 19.1 Å². The fraction of sp³-hybridized carbons (Fsp3) is 0.560. The van der Waals surface area contributed by atoms with Crippen LogP contribution in [0.3, 0.4) is 0 Å². The molecule has 2 unspecified atom stereocenters. The molecule has 9 nitrogen and oxygen atoms in total. The van der Waals surface area contributed by atoms with Gasteiger partial charge >= 0.3 is 12.5 Å². The quantitative estimate of drug-likeness (QED) is 0.531. The molecule has 1 aromatic carbocycles. The molecule has 2 aliphatic heterocycles. The molecule has 3 fully saturated rings. The number of halogens is 3. The van der Waals surface area contributed by atoms with E-state index in [1.54, 1.807) is 23.9 Å². The van der Waals surface area contributed by atoms with E-state index in [0.29, 0.717) is 31.1 Å². The van der Waals surface area contributed by atoms with E-state index >= 15 is 0 Å². The van der Waals surface area contributed by atoms with E-state index in [-0.39, 0.29) is 29.5 Å². The van der Waals surface area contributed by atoms with Crippen LogP contribution in [0.25, 0.3) is 0 Å². The molecule has 0 spiro atoms. The van der Waals surface area contributed by atoms with Crippen LogP contribution in [0.15, 0.2) is 36.8 Å². The summed E-state index contributed by atoms with van der Waals surface area (Å²) in [7, 11) is 1.75. The summed E-state index contributed by atoms with van der Waals surface area (Å²) in [5.74, 6) is 0.282. The summed E-state index contributed by atoms with van der Waals surface area (Å²) >= 11 is 0. The first-order valence-corrected chi connectivity index (χ1v) is 12.4. The average Bonchev–Trinajstić information content (AvgIpc) is 3.25. The van der Waals surface area contributed by atoms with Crippen molar-refractivity contribution in [3.05, 3.63) is 42.4 Å². The summed E-state index contributed by atoms with van der Waals surface area (Å²) in [6.07, 6.45) is 0.636. The Bertz CT molecular complexity index is 1150. The second kappa shape index (κ2) is 9.88. The number of fused-ring (bicyclic) bond motifs is 1. The van der Waals surface area contributed by atoms with Gasteiger partial charge in [0.2, 0.25) is 11.8 Å². The van der Waals surface area contributed by atoms with Gasteiger partial charge in [-0.25, -0.2) is 9.78 Å². The maximum Gasteiger partial charge on any atom is 0.573 e. The number of piperidine rings is 1. The predicted molar refractivity (Wildman–Crippen MR) is 126 cm³/mol. The molecule has 3 heterocycles. The number of carbonyl (C=O) groups is 2. The van der Waals surface area contributed by atoms with Crippen LogP contribution in [0.1, 0.15) is 24.8 Å². The van der Waals surface area contributed by atoms with Crippen LogP contribution < -0.4 is 9.47 Å². The fourth-order valence-electron chi connectivity index (χ4n) is 5.55. The monoisotopic (exact) mass is 521 g/mol. The number of benzene rings is 1. The van der Waals surface area contributed by atoms with Crippen LogP contribution in [-0.4, -0.2) is 81.9 Å². The van der Waals surface area contributed by atoms with E-state index in [1.807, 2.05) is 4.90 Å². The highest BCUT2D eigenvalue weighted by Gasteiger charge is 2.60. The van der Waals surface area contributed by atoms with Gasteiger partial charge in [-0.2, -0.15) is 0 Å². The van der Waals surface area contributed by atoms with Gasteiger partial charge in [0.15, 0.2) is 0 Å². The molecule has 200 valence electrons. The first-order chi connectivity index (χ1) is 17.6. The molecule has 2 amide bonds. The molecule has 0 N–H and O–H groups in total. The lowest BCUT2D eigenvalue weighted by molar-refractivity contribution is -0.274. The lowest BCUT2D eigenvalue weighted by Gasteiger charge is -2.28. The van der Waals surface area contributed by atoms with Gasteiger partial charge in [0.25, 0.3) is 0 Å². The average molecular weight is 522 g/mol. The lowest BCUT2D eigenvalue weighted by Crippen LogP contribution is -2.42. The van der Waals surface area contributed by atoms with Crippen molar-refractivity contribution in [2.45, 2.75) is 32.2 Å². The third kappa shape index (κ3) is 6.17. The number of rotatable bonds is 8. The minimum atomic E-state index is -4.81. The number of hydrogen-bond acceptors (Lipinski definition) is 6. The van der Waals surface area contributed by atoms with Crippen molar-refractivity contribution in [2.75, 3.05) is 39.3 Å². The zero-order valence-corrected chi connectivity index (χ0v) is 20.6. The summed E-state index contributed by atoms with van der Waals surface area (Å²) in [6.45, 7) is 3.87. The second-order valence-electron chi connectivity index (χ2n) is 10.3. The van der Waals surface area contributed by atoms with Crippen LogP contribution >= 0.6 is 0 Å². The van der Waals surface area contributed by atoms with E-state index in [4.69, 9.17) is 4.74 Å². The topological polar surface area (TPSA) is 80.1 Å². The van der Waals surface area contributed by atoms with Gasteiger partial charge < -0.3 is 23.8 Å². The van der Waals surface area contributed by atoms with Crippen molar-refractivity contribution >= 4 is 12.0 Å². The summed E-state index contributed by atoms with van der Waals surface area (Å²) in [6, 6.07) is 5.59. The van der Waals surface area contributed by atoms with Crippen LogP contribution in [0.2, 0.25) is 0 Å². The first-order valence-electron chi connectivity index (χ1n) is 12.4. The zero-order chi connectivity index (χ0) is 26.2. The van der Waals surface area contributed by atoms with E-state index in [2.05, 4.69) is 14.6 Å². The maximum absolute atomic E-state index is 13.2. The van der Waals surface area contributed by atoms with Crippen molar-refractivity contribution in [1.29, 1.82) is 0 Å². The molecule has 2 atom stereocenters.